The summed E-state index contributed by atoms with van der Waals surface area (Å²) in [5.74, 6) is 1.60. The van der Waals surface area contributed by atoms with Gasteiger partial charge in [-0.05, 0) is 84.0 Å². The number of likely N-dealkylation sites (tertiary alicyclic amines) is 2. The lowest BCUT2D eigenvalue weighted by molar-refractivity contribution is -0.136. The molecule has 1 aliphatic carbocycles. The molecule has 16 nitrogen and oxygen atoms in total. The van der Waals surface area contributed by atoms with Crippen LogP contribution in [0.1, 0.15) is 85.3 Å². The van der Waals surface area contributed by atoms with Crippen LogP contribution in [0.3, 0.4) is 0 Å². The first kappa shape index (κ1) is 41.7. The van der Waals surface area contributed by atoms with Crippen molar-refractivity contribution in [1.82, 2.24) is 40.4 Å². The number of alkyl carbamates (subject to hydrolysis) is 1. The molecule has 63 heavy (non-hydrogen) atoms. The number of carbonyl (C=O) groups is 4. The van der Waals surface area contributed by atoms with Crippen LogP contribution in [0.4, 0.5) is 9.59 Å². The molecule has 3 aliphatic heterocycles. The number of aromatic nitrogens is 4. The maximum atomic E-state index is 14.1. The summed E-state index contributed by atoms with van der Waals surface area (Å²) in [5, 5.41) is 14.8. The fourth-order valence-electron chi connectivity index (χ4n) is 9.79. The van der Waals surface area contributed by atoms with Gasteiger partial charge in [0.1, 0.15) is 36.1 Å². The van der Waals surface area contributed by atoms with Crippen LogP contribution in [-0.4, -0.2) is 98.8 Å². The number of ether oxygens (including phenoxy) is 3. The average Bonchev–Trinajstić information content (AvgIpc) is 4.13. The predicted octanol–water partition coefficient (Wildman–Crippen LogP) is 6.71. The number of amides is 4. The Kier molecular flexibility index (Phi) is 11.4. The highest BCUT2D eigenvalue weighted by Gasteiger charge is 2.42. The molecule has 0 saturated carbocycles. The molecular weight excluding hydrogens is 805 g/mol. The molecule has 3 aromatic carbocycles. The van der Waals surface area contributed by atoms with Gasteiger partial charge in [-0.15, -0.1) is 0 Å². The fraction of sp³-hybridized carbons (Fsp3) is 0.404. The number of hydrogen-bond donors (Lipinski definition) is 5. The Balaban J connectivity index is 0.950. The van der Waals surface area contributed by atoms with E-state index in [-0.39, 0.29) is 29.7 Å². The van der Waals surface area contributed by atoms with E-state index in [9.17, 15) is 24.3 Å². The molecule has 328 valence electrons. The number of benzene rings is 3. The molecule has 2 aromatic heterocycles. The lowest BCUT2D eigenvalue weighted by atomic mass is 9.86. The van der Waals surface area contributed by atoms with Crippen LogP contribution in [0, 0.1) is 11.8 Å². The van der Waals surface area contributed by atoms with Crippen LogP contribution in [0.2, 0.25) is 0 Å². The Bertz CT molecular complexity index is 2550. The number of nitrogens with one attached hydrogen (secondary N) is 4. The van der Waals surface area contributed by atoms with Gasteiger partial charge >= 0.3 is 12.2 Å². The fourth-order valence-corrected chi connectivity index (χ4v) is 9.79. The van der Waals surface area contributed by atoms with Crippen molar-refractivity contribution in [3.05, 3.63) is 101 Å². The Morgan fingerprint density at radius 1 is 0.905 bits per heavy atom. The minimum atomic E-state index is -1.28. The molecule has 4 aliphatic rings. The summed E-state index contributed by atoms with van der Waals surface area (Å²) < 4.78 is 16.7. The molecule has 9 rings (SSSR count). The Labute approximate surface area is 364 Å². The smallest absolute Gasteiger partial charge is 0.407 e. The normalized spacial score (nSPS) is 19.6. The van der Waals surface area contributed by atoms with E-state index in [2.05, 4.69) is 50.9 Å². The molecule has 0 radical (unpaired) electrons. The number of hydrogen-bond acceptors (Lipinski definition) is 9. The average molecular weight is 857 g/mol. The van der Waals surface area contributed by atoms with Crippen molar-refractivity contribution in [2.45, 2.75) is 76.7 Å². The SMILES string of the molecule is COC[C@H]1C[C@@H](c2ncc(-c3ccc4c(c3)COc3cc5c(cc3-4)CCc3nc([C@@H]4CCCN4C(=O)[C@@H](NC(=O)OC)C(C)C)[nH]c3-5)[nH]2)N(C(=O)[C@H](NC(=O)O)c2ccccc2)C1. The summed E-state index contributed by atoms with van der Waals surface area (Å²) in [7, 11) is 2.93. The molecule has 5 aromatic rings. The summed E-state index contributed by atoms with van der Waals surface area (Å²) >= 11 is 0. The van der Waals surface area contributed by atoms with Crippen molar-refractivity contribution in [2.24, 2.45) is 11.8 Å². The third kappa shape index (κ3) is 7.99. The number of fused-ring (bicyclic) bond motifs is 6. The third-order valence-corrected chi connectivity index (χ3v) is 12.9. The number of aromatic amines is 2. The number of methoxy groups -OCH3 is 2. The van der Waals surface area contributed by atoms with Gasteiger partial charge in [0.15, 0.2) is 0 Å². The van der Waals surface area contributed by atoms with Gasteiger partial charge in [-0.2, -0.15) is 0 Å². The second kappa shape index (κ2) is 17.2. The minimum absolute atomic E-state index is 0.0431. The van der Waals surface area contributed by atoms with Crippen molar-refractivity contribution in [3.63, 3.8) is 0 Å². The van der Waals surface area contributed by atoms with Crippen molar-refractivity contribution in [1.29, 1.82) is 0 Å². The van der Waals surface area contributed by atoms with Crippen LogP contribution in [0.5, 0.6) is 5.75 Å². The molecule has 0 spiro atoms. The highest BCUT2D eigenvalue weighted by molar-refractivity contribution is 5.88. The van der Waals surface area contributed by atoms with Gasteiger partial charge in [-0.1, -0.05) is 56.3 Å². The lowest BCUT2D eigenvalue weighted by Crippen LogP contribution is -2.51. The first-order valence-electron chi connectivity index (χ1n) is 21.6. The van der Waals surface area contributed by atoms with E-state index in [1.54, 1.807) is 42.5 Å². The number of imidazole rings is 2. The van der Waals surface area contributed by atoms with Gasteiger partial charge in [0.25, 0.3) is 5.91 Å². The van der Waals surface area contributed by atoms with Crippen LogP contribution in [0.15, 0.2) is 66.9 Å². The molecule has 5 atom stereocenters. The second-order valence-electron chi connectivity index (χ2n) is 17.2. The van der Waals surface area contributed by atoms with Crippen molar-refractivity contribution < 1.29 is 38.5 Å². The summed E-state index contributed by atoms with van der Waals surface area (Å²) in [6.45, 7) is 5.62. The van der Waals surface area contributed by atoms with Crippen LogP contribution in [0.25, 0.3) is 33.6 Å². The van der Waals surface area contributed by atoms with Crippen molar-refractivity contribution in [3.8, 4) is 39.4 Å². The number of H-pyrrole nitrogens is 2. The first-order chi connectivity index (χ1) is 30.5. The number of carboxylic acid groups (broad SMARTS) is 1. The molecule has 4 amide bonds. The molecule has 0 unspecified atom stereocenters. The Morgan fingerprint density at radius 3 is 2.49 bits per heavy atom. The van der Waals surface area contributed by atoms with Crippen LogP contribution >= 0.6 is 0 Å². The summed E-state index contributed by atoms with van der Waals surface area (Å²) in [6, 6.07) is 17.1. The topological polar surface area (TPSA) is 204 Å². The van der Waals surface area contributed by atoms with Gasteiger partial charge < -0.3 is 49.7 Å². The Hall–Kier alpha value is -6.68. The number of aryl methyl sites for hydroxylation is 2. The Morgan fingerprint density at radius 2 is 1.73 bits per heavy atom. The van der Waals surface area contributed by atoms with E-state index < -0.39 is 30.3 Å². The van der Waals surface area contributed by atoms with Gasteiger partial charge in [0.2, 0.25) is 5.91 Å². The maximum absolute atomic E-state index is 14.1. The number of rotatable bonds is 11. The molecular formula is C47H52N8O8. The van der Waals surface area contributed by atoms with E-state index in [1.807, 2.05) is 24.8 Å². The van der Waals surface area contributed by atoms with E-state index >= 15 is 0 Å². The quantitative estimate of drug-likeness (QED) is 0.0950. The maximum Gasteiger partial charge on any atom is 0.407 e. The summed E-state index contributed by atoms with van der Waals surface area (Å²) in [4.78, 5) is 72.3. The molecule has 2 fully saturated rings. The second-order valence-corrected chi connectivity index (χ2v) is 17.2. The zero-order valence-electron chi connectivity index (χ0n) is 35.8. The largest absolute Gasteiger partial charge is 0.488 e. The van der Waals surface area contributed by atoms with Crippen LogP contribution < -0.4 is 15.4 Å². The molecule has 0 bridgehead atoms. The standard InChI is InChI=1S/C47H52N8O8/c1-25(2)39(53-47(60)62-4)44(56)54-16-8-11-36(54)43-49-34-15-13-28-19-33-31-14-12-29(18-30(31)24-63-38(33)20-32(28)41(34)51-43)35-21-48-42(50-35)37-17-26(23-61-3)22-55(37)45(57)40(52-46(58)59)27-9-6-5-7-10-27/h5-7,9-10,12,14,18-21,25-26,36-37,39-40,52H,8,11,13,15-17,22-24H2,1-4H3,(H,48,50)(H,49,51)(H,53,60)(H,58,59)/t26-,36-,37-,39-,40+/m0/s1. The van der Waals surface area contributed by atoms with Crippen LogP contribution in [-0.2, 0) is 38.5 Å². The van der Waals surface area contributed by atoms with Gasteiger partial charge in [-0.25, -0.2) is 19.6 Å². The van der Waals surface area contributed by atoms with Gasteiger partial charge in [-0.3, -0.25) is 9.59 Å². The zero-order valence-corrected chi connectivity index (χ0v) is 35.8. The third-order valence-electron chi connectivity index (χ3n) is 12.9. The van der Waals surface area contributed by atoms with E-state index in [4.69, 9.17) is 24.2 Å². The van der Waals surface area contributed by atoms with Gasteiger partial charge in [0, 0.05) is 37.2 Å². The number of carbonyl (C=O) groups excluding carboxylic acids is 3. The first-order valence-corrected chi connectivity index (χ1v) is 21.6. The molecule has 16 heteroatoms. The van der Waals surface area contributed by atoms with E-state index in [1.165, 1.54) is 12.7 Å². The van der Waals surface area contributed by atoms with E-state index in [0.29, 0.717) is 44.1 Å². The number of nitrogens with zero attached hydrogens (tertiary/aromatic N) is 4. The van der Waals surface area contributed by atoms with E-state index in [0.717, 1.165) is 82.2 Å². The van der Waals surface area contributed by atoms with Crippen molar-refractivity contribution >= 4 is 24.0 Å². The summed E-state index contributed by atoms with van der Waals surface area (Å²) in [5.41, 5.74) is 9.57. The summed E-state index contributed by atoms with van der Waals surface area (Å²) in [6.07, 6.45) is 3.65. The van der Waals surface area contributed by atoms with Crippen molar-refractivity contribution in [2.75, 3.05) is 33.9 Å². The highest BCUT2D eigenvalue weighted by Crippen LogP contribution is 2.46. The monoisotopic (exact) mass is 856 g/mol. The predicted molar refractivity (Wildman–Crippen MR) is 231 cm³/mol. The molecule has 5 heterocycles. The molecule has 2 saturated heterocycles. The minimum Gasteiger partial charge on any atom is -0.488 e. The van der Waals surface area contributed by atoms with Gasteiger partial charge in [0.05, 0.1) is 49.1 Å². The zero-order chi connectivity index (χ0) is 43.9. The molecule has 5 N–H and O–H groups in total. The highest BCUT2D eigenvalue weighted by atomic mass is 16.5. The lowest BCUT2D eigenvalue weighted by Gasteiger charge is -2.30.